The second-order valence-electron chi connectivity index (χ2n) is 9.30. The van der Waals surface area contributed by atoms with Crippen LogP contribution in [0.4, 0.5) is 0 Å². The molecule has 2 unspecified atom stereocenters. The Morgan fingerprint density at radius 3 is 2.06 bits per heavy atom. The zero-order valence-corrected chi connectivity index (χ0v) is 21.8. The van der Waals surface area contributed by atoms with Crippen LogP contribution in [-0.2, 0) is 0 Å². The Labute approximate surface area is 204 Å². The lowest BCUT2D eigenvalue weighted by molar-refractivity contribution is -0.832. The van der Waals surface area contributed by atoms with Gasteiger partial charge in [0.2, 0.25) is 0 Å². The Morgan fingerprint density at radius 1 is 0.903 bits per heavy atom. The summed E-state index contributed by atoms with van der Waals surface area (Å²) in [6.07, 6.45) is 27.1. The molecule has 0 saturated carbocycles. The van der Waals surface area contributed by atoms with Crippen molar-refractivity contribution in [3.05, 3.63) is 12.2 Å². The molecule has 31 heavy (non-hydrogen) atoms. The number of aliphatic hydroxyl groups is 1. The van der Waals surface area contributed by atoms with Crippen molar-refractivity contribution in [2.24, 2.45) is 4.99 Å². The van der Waals surface area contributed by atoms with Crippen molar-refractivity contribution < 1.29 is 22.0 Å². The fraction of sp³-hybridized carbons (Fsp3) is 0.885. The Morgan fingerprint density at radius 2 is 1.52 bits per heavy atom. The van der Waals surface area contributed by atoms with E-state index in [0.717, 1.165) is 62.2 Å². The highest BCUT2D eigenvalue weighted by molar-refractivity contribution is 6.17. The van der Waals surface area contributed by atoms with E-state index in [1.807, 2.05) is 0 Å². The van der Waals surface area contributed by atoms with E-state index in [9.17, 15) is 5.11 Å². The Hall–Kier alpha value is -0.0900. The number of quaternary nitrogens is 1. The van der Waals surface area contributed by atoms with Gasteiger partial charge in [-0.25, -0.2) is 4.99 Å². The fourth-order valence-electron chi connectivity index (χ4n) is 4.43. The number of aliphatic hydroxyl groups excluding tert-OH is 1. The third-order valence-corrected chi connectivity index (χ3v) is 6.63. The van der Waals surface area contributed by atoms with Crippen molar-refractivity contribution in [2.45, 2.75) is 116 Å². The standard InChI is InChI=1S/C26H50ClN2O.ClH/c1-2-3-4-5-6-7-8-9-10-11-12-13-14-15-16-19-26(30)24-29(22-18-17-20-27)23-21-28-25-29;/h15-16,25-26,30H,2-14,17-24H2,1H3;1H/q+1;/p-1. The molecule has 0 spiro atoms. The molecule has 1 rings (SSSR count). The van der Waals surface area contributed by atoms with Crippen LogP contribution in [0.1, 0.15) is 110 Å². The van der Waals surface area contributed by atoms with E-state index < -0.39 is 0 Å². The van der Waals surface area contributed by atoms with Gasteiger partial charge in [0.15, 0.2) is 6.34 Å². The second kappa shape index (κ2) is 21.7. The normalized spacial score (nSPS) is 19.2. The number of rotatable bonds is 21. The molecule has 1 heterocycles. The molecule has 0 fully saturated rings. The molecular formula is C26H50Cl2N2O. The van der Waals surface area contributed by atoms with Crippen molar-refractivity contribution >= 4 is 17.9 Å². The monoisotopic (exact) mass is 476 g/mol. The fourth-order valence-corrected chi connectivity index (χ4v) is 4.62. The number of hydrogen-bond donors (Lipinski definition) is 1. The molecular weight excluding hydrogens is 427 g/mol. The highest BCUT2D eigenvalue weighted by Gasteiger charge is 2.31. The third kappa shape index (κ3) is 17.1. The summed E-state index contributed by atoms with van der Waals surface area (Å²) in [6.45, 7) is 6.04. The summed E-state index contributed by atoms with van der Waals surface area (Å²) in [6, 6.07) is 0. The SMILES string of the molecule is CCCCCCCCCCCCCCC=CCC(O)C[N+]1(CCCCCl)C=NCC1.[Cl-]. The summed E-state index contributed by atoms with van der Waals surface area (Å²) in [7, 11) is 0. The number of nitrogens with zero attached hydrogens (tertiary/aromatic N) is 2. The first-order valence-electron chi connectivity index (χ1n) is 13.0. The first-order valence-corrected chi connectivity index (χ1v) is 13.5. The molecule has 0 amide bonds. The van der Waals surface area contributed by atoms with Gasteiger partial charge in [0, 0.05) is 5.88 Å². The van der Waals surface area contributed by atoms with Crippen LogP contribution in [-0.4, -0.2) is 54.1 Å². The molecule has 0 bridgehead atoms. The number of allylic oxidation sites excluding steroid dienone is 1. The average molecular weight is 478 g/mol. The number of aliphatic imine (C=N–C) groups is 1. The molecule has 0 aromatic heterocycles. The molecule has 0 aromatic carbocycles. The van der Waals surface area contributed by atoms with Crippen LogP contribution < -0.4 is 12.4 Å². The van der Waals surface area contributed by atoms with Gasteiger partial charge in [0.1, 0.15) is 19.2 Å². The van der Waals surface area contributed by atoms with Gasteiger partial charge in [-0.1, -0.05) is 89.7 Å². The molecule has 2 atom stereocenters. The van der Waals surface area contributed by atoms with E-state index in [1.54, 1.807) is 0 Å². The first kappa shape index (κ1) is 30.9. The van der Waals surface area contributed by atoms with Crippen molar-refractivity contribution in [3.63, 3.8) is 0 Å². The zero-order chi connectivity index (χ0) is 21.8. The van der Waals surface area contributed by atoms with Crippen molar-refractivity contribution in [2.75, 3.05) is 32.1 Å². The minimum absolute atomic E-state index is 0. The maximum absolute atomic E-state index is 10.5. The van der Waals surface area contributed by atoms with Crippen molar-refractivity contribution in [1.82, 2.24) is 0 Å². The van der Waals surface area contributed by atoms with Crippen LogP contribution in [0.5, 0.6) is 0 Å². The molecule has 0 radical (unpaired) electrons. The van der Waals surface area contributed by atoms with E-state index in [2.05, 4.69) is 30.4 Å². The Balaban J connectivity index is 0.00000900. The zero-order valence-electron chi connectivity index (χ0n) is 20.3. The van der Waals surface area contributed by atoms with Crippen LogP contribution >= 0.6 is 11.6 Å². The molecule has 5 heteroatoms. The predicted molar refractivity (Wildman–Crippen MR) is 134 cm³/mol. The van der Waals surface area contributed by atoms with Gasteiger partial charge < -0.3 is 17.5 Å². The average Bonchev–Trinajstić information content (AvgIpc) is 3.19. The highest BCUT2D eigenvalue weighted by atomic mass is 35.5. The maximum atomic E-state index is 10.5. The lowest BCUT2D eigenvalue weighted by atomic mass is 10.0. The van der Waals surface area contributed by atoms with Crippen LogP contribution in [0.25, 0.3) is 0 Å². The van der Waals surface area contributed by atoms with Gasteiger partial charge in [-0.05, 0) is 32.1 Å². The van der Waals surface area contributed by atoms with Gasteiger partial charge in [-0.2, -0.15) is 0 Å². The number of unbranched alkanes of at least 4 members (excludes halogenated alkanes) is 13. The van der Waals surface area contributed by atoms with Crippen LogP contribution in [0.3, 0.4) is 0 Å². The summed E-state index contributed by atoms with van der Waals surface area (Å²) in [4.78, 5) is 4.43. The van der Waals surface area contributed by atoms with Crippen LogP contribution in [0, 0.1) is 0 Å². The summed E-state index contributed by atoms with van der Waals surface area (Å²) in [5.41, 5.74) is 0. The molecule has 184 valence electrons. The summed E-state index contributed by atoms with van der Waals surface area (Å²) in [5, 5.41) is 10.5. The number of alkyl halides is 1. The minimum Gasteiger partial charge on any atom is -1.00 e. The van der Waals surface area contributed by atoms with E-state index in [-0.39, 0.29) is 18.5 Å². The van der Waals surface area contributed by atoms with Gasteiger partial charge in [0.05, 0.1) is 13.1 Å². The smallest absolute Gasteiger partial charge is 0.185 e. The van der Waals surface area contributed by atoms with Crippen LogP contribution in [0.15, 0.2) is 17.1 Å². The van der Waals surface area contributed by atoms with E-state index >= 15 is 0 Å². The lowest BCUT2D eigenvalue weighted by Crippen LogP contribution is -3.00. The quantitative estimate of drug-likeness (QED) is 0.114. The predicted octanol–water partition coefficient (Wildman–Crippen LogP) is 4.27. The number of hydrogen-bond acceptors (Lipinski definition) is 2. The van der Waals surface area contributed by atoms with Gasteiger partial charge in [-0.15, -0.1) is 11.6 Å². The highest BCUT2D eigenvalue weighted by Crippen LogP contribution is 2.15. The van der Waals surface area contributed by atoms with Crippen molar-refractivity contribution in [3.8, 4) is 0 Å². The van der Waals surface area contributed by atoms with Gasteiger partial charge in [0.25, 0.3) is 0 Å². The van der Waals surface area contributed by atoms with E-state index in [1.165, 1.54) is 77.0 Å². The summed E-state index contributed by atoms with van der Waals surface area (Å²) >= 11 is 5.82. The van der Waals surface area contributed by atoms with E-state index in [4.69, 9.17) is 11.6 Å². The van der Waals surface area contributed by atoms with E-state index in [0.29, 0.717) is 0 Å². The van der Waals surface area contributed by atoms with Gasteiger partial charge in [-0.3, -0.25) is 4.48 Å². The molecule has 1 aliphatic heterocycles. The Bertz CT molecular complexity index is 445. The maximum Gasteiger partial charge on any atom is 0.185 e. The largest absolute Gasteiger partial charge is 1.00 e. The lowest BCUT2D eigenvalue weighted by Gasteiger charge is -2.32. The topological polar surface area (TPSA) is 32.6 Å². The van der Waals surface area contributed by atoms with Crippen molar-refractivity contribution in [1.29, 1.82) is 0 Å². The van der Waals surface area contributed by atoms with Crippen LogP contribution in [0.2, 0.25) is 0 Å². The molecule has 0 aliphatic carbocycles. The number of halogens is 2. The molecule has 1 aliphatic rings. The molecule has 1 N–H and O–H groups in total. The first-order chi connectivity index (χ1) is 14.7. The molecule has 3 nitrogen and oxygen atoms in total. The second-order valence-corrected chi connectivity index (χ2v) is 9.68. The molecule has 0 saturated heterocycles. The Kier molecular flexibility index (Phi) is 21.7. The third-order valence-electron chi connectivity index (χ3n) is 6.36. The minimum atomic E-state index is -0.274. The molecule has 0 aromatic rings. The summed E-state index contributed by atoms with van der Waals surface area (Å²) in [5.74, 6) is 0.724. The van der Waals surface area contributed by atoms with Gasteiger partial charge >= 0.3 is 0 Å². The summed E-state index contributed by atoms with van der Waals surface area (Å²) < 4.78 is 0.838.